The smallest absolute Gasteiger partial charge is 0.137 e. The summed E-state index contributed by atoms with van der Waals surface area (Å²) < 4.78 is 0. The second kappa shape index (κ2) is 4.44. The highest BCUT2D eigenvalue weighted by molar-refractivity contribution is 9.08. The molecule has 0 aliphatic carbocycles. The molecule has 0 saturated heterocycles. The first-order valence-corrected chi connectivity index (χ1v) is 5.33. The SMILES string of the molecule is BCc1c(Cl)nnc(Cl)c1CBr. The molecule has 64 valence electrons. The van der Waals surface area contributed by atoms with Crippen LogP contribution in [-0.4, -0.2) is 18.0 Å². The van der Waals surface area contributed by atoms with Crippen molar-refractivity contribution in [2.24, 2.45) is 0 Å². The number of alkyl halides is 1. The first kappa shape index (κ1) is 10.3. The molecule has 1 aromatic rings. The van der Waals surface area contributed by atoms with E-state index in [4.69, 9.17) is 23.2 Å². The van der Waals surface area contributed by atoms with E-state index in [-0.39, 0.29) is 0 Å². The van der Waals surface area contributed by atoms with Gasteiger partial charge in [-0.3, -0.25) is 0 Å². The van der Waals surface area contributed by atoms with Gasteiger partial charge in [-0.15, -0.1) is 10.2 Å². The Morgan fingerprint density at radius 3 is 2.00 bits per heavy atom. The number of rotatable bonds is 2. The van der Waals surface area contributed by atoms with Gasteiger partial charge in [0.05, 0.1) is 0 Å². The molecule has 0 amide bonds. The molecule has 0 aliphatic heterocycles. The third kappa shape index (κ3) is 1.92. The van der Waals surface area contributed by atoms with Gasteiger partial charge >= 0.3 is 0 Å². The van der Waals surface area contributed by atoms with Crippen LogP contribution in [0, 0.1) is 0 Å². The van der Waals surface area contributed by atoms with Gasteiger partial charge in [-0.1, -0.05) is 45.5 Å². The number of aromatic nitrogens is 2. The zero-order valence-electron chi connectivity index (χ0n) is 6.44. The molecule has 1 rings (SSSR count). The van der Waals surface area contributed by atoms with Gasteiger partial charge in [0.1, 0.15) is 7.85 Å². The zero-order valence-corrected chi connectivity index (χ0v) is 9.54. The Bertz CT molecular complexity index is 266. The van der Waals surface area contributed by atoms with E-state index in [1.54, 1.807) is 0 Å². The van der Waals surface area contributed by atoms with Gasteiger partial charge in [0.25, 0.3) is 0 Å². The molecular weight excluding hydrogens is 262 g/mol. The Hall–Kier alpha value is 0.205. The number of halogens is 3. The molecule has 0 N–H and O–H groups in total. The summed E-state index contributed by atoms with van der Waals surface area (Å²) in [6.45, 7) is 0. The molecule has 0 saturated carbocycles. The molecule has 0 unspecified atom stereocenters. The van der Waals surface area contributed by atoms with Crippen LogP contribution >= 0.6 is 39.1 Å². The molecule has 0 bridgehead atoms. The highest BCUT2D eigenvalue weighted by Gasteiger charge is 2.10. The van der Waals surface area contributed by atoms with Crippen molar-refractivity contribution >= 4 is 47.0 Å². The molecule has 2 nitrogen and oxygen atoms in total. The van der Waals surface area contributed by atoms with Gasteiger partial charge in [-0.2, -0.15) is 0 Å². The van der Waals surface area contributed by atoms with Crippen LogP contribution in [0.5, 0.6) is 0 Å². The first-order chi connectivity index (χ1) is 5.70. The van der Waals surface area contributed by atoms with Crippen molar-refractivity contribution in [3.8, 4) is 0 Å². The van der Waals surface area contributed by atoms with Crippen LogP contribution < -0.4 is 0 Å². The summed E-state index contributed by atoms with van der Waals surface area (Å²) in [5.41, 5.74) is 1.90. The summed E-state index contributed by atoms with van der Waals surface area (Å²) in [4.78, 5) is 0. The van der Waals surface area contributed by atoms with E-state index in [0.29, 0.717) is 15.6 Å². The first-order valence-electron chi connectivity index (χ1n) is 3.46. The monoisotopic (exact) mass is 266 g/mol. The highest BCUT2D eigenvalue weighted by Crippen LogP contribution is 2.24. The van der Waals surface area contributed by atoms with Gasteiger partial charge in [0.15, 0.2) is 10.3 Å². The van der Waals surface area contributed by atoms with Gasteiger partial charge in [-0.25, -0.2) is 0 Å². The van der Waals surface area contributed by atoms with E-state index >= 15 is 0 Å². The van der Waals surface area contributed by atoms with Crippen LogP contribution in [0.15, 0.2) is 0 Å². The average molecular weight is 268 g/mol. The molecule has 6 heteroatoms. The fourth-order valence-electron chi connectivity index (χ4n) is 0.953. The molecule has 0 aromatic carbocycles. The zero-order chi connectivity index (χ0) is 9.14. The molecule has 1 heterocycles. The molecule has 1 aromatic heterocycles. The Kier molecular flexibility index (Phi) is 3.81. The maximum Gasteiger partial charge on any atom is 0.156 e. The minimum atomic E-state index is 0.424. The molecular formula is C6H6BBrCl2N2. The van der Waals surface area contributed by atoms with E-state index in [0.717, 1.165) is 17.4 Å². The predicted molar refractivity (Wildman–Crippen MR) is 56.9 cm³/mol. The molecule has 12 heavy (non-hydrogen) atoms. The molecule has 0 aliphatic rings. The largest absolute Gasteiger partial charge is 0.156 e. The standard InChI is InChI=1S/C6H6BBrCl2N2/c7-1-3-4(2-8)6(10)12-11-5(3)9/h1-2,7H2. The number of nitrogens with zero attached hydrogens (tertiary/aromatic N) is 2. The molecule has 0 atom stereocenters. The van der Waals surface area contributed by atoms with Crippen molar-refractivity contribution in [3.63, 3.8) is 0 Å². The maximum atomic E-state index is 5.83. The van der Waals surface area contributed by atoms with Crippen LogP contribution in [0.2, 0.25) is 10.3 Å². The van der Waals surface area contributed by atoms with E-state index in [9.17, 15) is 0 Å². The van der Waals surface area contributed by atoms with Crippen LogP contribution in [-0.2, 0) is 11.7 Å². The number of hydrogen-bond acceptors (Lipinski definition) is 2. The second-order valence-corrected chi connectivity index (χ2v) is 3.50. The third-order valence-corrected chi connectivity index (χ3v) is 2.74. The summed E-state index contributed by atoms with van der Waals surface area (Å²) in [7, 11) is 2.01. The summed E-state index contributed by atoms with van der Waals surface area (Å²) in [6.07, 6.45) is 0.814. The van der Waals surface area contributed by atoms with E-state index < -0.39 is 0 Å². The summed E-state index contributed by atoms with van der Waals surface area (Å²) >= 11 is 15.0. The third-order valence-electron chi connectivity index (χ3n) is 1.58. The predicted octanol–water partition coefficient (Wildman–Crippen LogP) is 1.81. The highest BCUT2D eigenvalue weighted by atomic mass is 79.9. The lowest BCUT2D eigenvalue weighted by Gasteiger charge is -2.06. The Morgan fingerprint density at radius 1 is 1.17 bits per heavy atom. The number of hydrogen-bond donors (Lipinski definition) is 0. The minimum absolute atomic E-state index is 0.424. The summed E-state index contributed by atoms with van der Waals surface area (Å²) in [6, 6.07) is 0. The maximum absolute atomic E-state index is 5.83. The normalized spacial score (nSPS) is 10.2. The quantitative estimate of drug-likeness (QED) is 0.603. The Balaban J connectivity index is 3.28. The van der Waals surface area contributed by atoms with Gasteiger partial charge in [0, 0.05) is 10.9 Å². The lowest BCUT2D eigenvalue weighted by atomic mass is 9.96. The van der Waals surface area contributed by atoms with Crippen LogP contribution in [0.1, 0.15) is 11.1 Å². The van der Waals surface area contributed by atoms with Gasteiger partial charge < -0.3 is 0 Å². The van der Waals surface area contributed by atoms with Crippen molar-refractivity contribution in [3.05, 3.63) is 21.4 Å². The van der Waals surface area contributed by atoms with Gasteiger partial charge in [-0.05, 0) is 5.56 Å². The lowest BCUT2D eigenvalue weighted by Crippen LogP contribution is -1.99. The molecule has 0 spiro atoms. The second-order valence-electron chi connectivity index (χ2n) is 2.23. The van der Waals surface area contributed by atoms with Crippen LogP contribution in [0.3, 0.4) is 0 Å². The van der Waals surface area contributed by atoms with E-state index in [1.807, 2.05) is 7.85 Å². The van der Waals surface area contributed by atoms with Crippen molar-refractivity contribution in [1.29, 1.82) is 0 Å². The summed E-state index contributed by atoms with van der Waals surface area (Å²) in [5.74, 6) is 0. The van der Waals surface area contributed by atoms with Crippen molar-refractivity contribution < 1.29 is 0 Å². The van der Waals surface area contributed by atoms with Crippen LogP contribution in [0.4, 0.5) is 0 Å². The van der Waals surface area contributed by atoms with E-state index in [2.05, 4.69) is 26.1 Å². The van der Waals surface area contributed by atoms with Crippen molar-refractivity contribution in [1.82, 2.24) is 10.2 Å². The fourth-order valence-corrected chi connectivity index (χ4v) is 2.22. The average Bonchev–Trinajstić information content (AvgIpc) is 2.08. The van der Waals surface area contributed by atoms with E-state index in [1.165, 1.54) is 0 Å². The Morgan fingerprint density at radius 2 is 1.67 bits per heavy atom. The van der Waals surface area contributed by atoms with Gasteiger partial charge in [0.2, 0.25) is 0 Å². The van der Waals surface area contributed by atoms with Crippen molar-refractivity contribution in [2.75, 3.05) is 0 Å². The lowest BCUT2D eigenvalue weighted by molar-refractivity contribution is 0.988. The van der Waals surface area contributed by atoms with Crippen molar-refractivity contribution in [2.45, 2.75) is 11.7 Å². The topological polar surface area (TPSA) is 25.8 Å². The summed E-state index contributed by atoms with van der Waals surface area (Å²) in [5, 5.41) is 8.95. The fraction of sp³-hybridized carbons (Fsp3) is 0.333. The van der Waals surface area contributed by atoms with Crippen LogP contribution in [0.25, 0.3) is 0 Å². The molecule has 0 fully saturated rings. The Labute approximate surface area is 90.2 Å². The molecule has 0 radical (unpaired) electrons. The minimum Gasteiger partial charge on any atom is -0.137 e.